The zero-order chi connectivity index (χ0) is 24.1. The largest absolute Gasteiger partial charge is 0.424 e. The molecule has 1 aromatic heterocycles. The molecular weight excluding hydrogens is 435 g/mol. The highest BCUT2D eigenvalue weighted by molar-refractivity contribution is 6.05. The summed E-state index contributed by atoms with van der Waals surface area (Å²) in [6.45, 7) is 1.54. The lowest BCUT2D eigenvalue weighted by Crippen LogP contribution is -2.33. The summed E-state index contributed by atoms with van der Waals surface area (Å²) in [6.07, 6.45) is 5.69. The lowest BCUT2D eigenvalue weighted by atomic mass is 9.95. The summed E-state index contributed by atoms with van der Waals surface area (Å²) in [5.74, 6) is -1.21. The number of halogens is 1. The maximum atomic E-state index is 13.5. The predicted molar refractivity (Wildman–Crippen MR) is 128 cm³/mol. The first-order chi connectivity index (χ1) is 16.4. The number of carbonyl (C=O) groups is 2. The first kappa shape index (κ1) is 23.4. The molecule has 3 aromatic rings. The number of fused-ring (bicyclic) bond motifs is 1. The van der Waals surface area contributed by atoms with Crippen LogP contribution in [0.15, 0.2) is 59.4 Å². The molecule has 0 radical (unpaired) electrons. The monoisotopic (exact) mass is 462 g/mol. The fourth-order valence-corrected chi connectivity index (χ4v) is 4.34. The molecule has 1 heterocycles. The van der Waals surface area contributed by atoms with Crippen LogP contribution in [0, 0.1) is 5.82 Å². The number of para-hydroxylation sites is 2. The van der Waals surface area contributed by atoms with Crippen molar-refractivity contribution in [2.24, 2.45) is 0 Å². The van der Waals surface area contributed by atoms with Gasteiger partial charge in [0.25, 0.3) is 11.5 Å². The van der Waals surface area contributed by atoms with Gasteiger partial charge in [-0.25, -0.2) is 4.39 Å². The van der Waals surface area contributed by atoms with Crippen LogP contribution >= 0.6 is 0 Å². The number of carbonyl (C=O) groups excluding carboxylic acids is 2. The molecule has 6 nitrogen and oxygen atoms in total. The number of pyridine rings is 1. The van der Waals surface area contributed by atoms with Crippen molar-refractivity contribution in [1.29, 1.82) is 0 Å². The fraction of sp³-hybridized carbons (Fsp3) is 0.296. The van der Waals surface area contributed by atoms with E-state index >= 15 is 0 Å². The summed E-state index contributed by atoms with van der Waals surface area (Å²) >= 11 is 0. The summed E-state index contributed by atoms with van der Waals surface area (Å²) < 4.78 is 20.2. The van der Waals surface area contributed by atoms with Gasteiger partial charge in [-0.3, -0.25) is 14.4 Å². The lowest BCUT2D eigenvalue weighted by molar-refractivity contribution is -0.131. The van der Waals surface area contributed by atoms with E-state index in [1.54, 1.807) is 47.0 Å². The van der Waals surface area contributed by atoms with Gasteiger partial charge >= 0.3 is 5.97 Å². The van der Waals surface area contributed by atoms with Gasteiger partial charge in [0.2, 0.25) is 0 Å². The number of aryl methyl sites for hydroxylation is 1. The van der Waals surface area contributed by atoms with Crippen molar-refractivity contribution in [2.75, 3.05) is 5.32 Å². The Hall–Kier alpha value is -3.74. The number of esters is 1. The van der Waals surface area contributed by atoms with E-state index in [1.165, 1.54) is 19.1 Å². The summed E-state index contributed by atoms with van der Waals surface area (Å²) in [5.41, 5.74) is 2.64. The molecule has 2 aromatic carbocycles. The summed E-state index contributed by atoms with van der Waals surface area (Å²) in [7, 11) is 0. The van der Waals surface area contributed by atoms with Crippen molar-refractivity contribution in [3.63, 3.8) is 0 Å². The molecule has 0 spiro atoms. The number of amides is 1. The Morgan fingerprint density at radius 3 is 2.44 bits per heavy atom. The second-order valence-corrected chi connectivity index (χ2v) is 8.51. The smallest absolute Gasteiger partial charge is 0.308 e. The number of anilines is 1. The third-order valence-electron chi connectivity index (χ3n) is 5.99. The highest BCUT2D eigenvalue weighted by Crippen LogP contribution is 2.25. The Kier molecular flexibility index (Phi) is 7.21. The predicted octanol–water partition coefficient (Wildman–Crippen LogP) is 4.87. The van der Waals surface area contributed by atoms with Gasteiger partial charge in [-0.2, -0.15) is 0 Å². The molecule has 0 bridgehead atoms. The molecule has 0 aliphatic heterocycles. The number of benzene rings is 2. The standard InChI is InChI=1S/C27H27FN2O4/c1-18(31)34-25-11-7-6-9-23(25)29-26(32)22-16-20-8-4-2-3-5-10-24(20)30(27(22)33)17-19-12-14-21(28)15-13-19/h6-7,9,11-16H,2-5,8,10,17H2,1H3,(H,29,32). The van der Waals surface area contributed by atoms with Gasteiger partial charge in [0.15, 0.2) is 5.75 Å². The summed E-state index contributed by atoms with van der Waals surface area (Å²) in [6, 6.07) is 14.3. The van der Waals surface area contributed by atoms with E-state index in [0.29, 0.717) is 5.69 Å². The van der Waals surface area contributed by atoms with E-state index in [9.17, 15) is 18.8 Å². The maximum Gasteiger partial charge on any atom is 0.308 e. The van der Waals surface area contributed by atoms with Crippen molar-refractivity contribution in [3.8, 4) is 5.75 Å². The molecule has 0 fully saturated rings. The number of nitrogens with zero attached hydrogens (tertiary/aromatic N) is 1. The van der Waals surface area contributed by atoms with Gasteiger partial charge in [0.1, 0.15) is 11.4 Å². The van der Waals surface area contributed by atoms with Crippen molar-refractivity contribution in [1.82, 2.24) is 4.57 Å². The van der Waals surface area contributed by atoms with Gasteiger partial charge in [-0.15, -0.1) is 0 Å². The molecule has 4 rings (SSSR count). The molecule has 1 amide bonds. The van der Waals surface area contributed by atoms with E-state index in [2.05, 4.69) is 5.32 Å². The van der Waals surface area contributed by atoms with E-state index in [-0.39, 0.29) is 23.7 Å². The van der Waals surface area contributed by atoms with Gasteiger partial charge < -0.3 is 14.6 Å². The van der Waals surface area contributed by atoms with Crippen LogP contribution in [0.25, 0.3) is 0 Å². The Morgan fingerprint density at radius 2 is 1.71 bits per heavy atom. The van der Waals surface area contributed by atoms with Crippen LogP contribution in [0.5, 0.6) is 5.75 Å². The molecule has 1 N–H and O–H groups in total. The van der Waals surface area contributed by atoms with Crippen molar-refractivity contribution in [3.05, 3.63) is 93.2 Å². The molecule has 1 aliphatic carbocycles. The average molecular weight is 463 g/mol. The highest BCUT2D eigenvalue weighted by atomic mass is 19.1. The maximum absolute atomic E-state index is 13.5. The minimum Gasteiger partial charge on any atom is -0.424 e. The second-order valence-electron chi connectivity index (χ2n) is 8.51. The van der Waals surface area contributed by atoms with Crippen LogP contribution in [0.1, 0.15) is 59.8 Å². The molecule has 0 saturated carbocycles. The van der Waals surface area contributed by atoms with Gasteiger partial charge in [0.05, 0.1) is 12.2 Å². The number of rotatable bonds is 5. The fourth-order valence-electron chi connectivity index (χ4n) is 4.34. The Balaban J connectivity index is 1.74. The number of hydrogen-bond acceptors (Lipinski definition) is 4. The average Bonchev–Trinajstić information content (AvgIpc) is 2.79. The first-order valence-corrected chi connectivity index (χ1v) is 11.5. The number of aromatic nitrogens is 1. The molecule has 176 valence electrons. The van der Waals surface area contributed by atoms with Gasteiger partial charge in [-0.1, -0.05) is 37.1 Å². The highest BCUT2D eigenvalue weighted by Gasteiger charge is 2.21. The van der Waals surface area contributed by atoms with Crippen LogP contribution in [-0.4, -0.2) is 16.4 Å². The van der Waals surface area contributed by atoms with Crippen molar-refractivity contribution < 1.29 is 18.7 Å². The third-order valence-corrected chi connectivity index (χ3v) is 5.99. The minimum absolute atomic E-state index is 0.0269. The first-order valence-electron chi connectivity index (χ1n) is 11.5. The van der Waals surface area contributed by atoms with Crippen LogP contribution in [-0.2, 0) is 24.2 Å². The lowest BCUT2D eigenvalue weighted by Gasteiger charge is -2.21. The SMILES string of the molecule is CC(=O)Oc1ccccc1NC(=O)c1cc2c(n(Cc3ccc(F)cc3)c1=O)CCCCCC2. The van der Waals surface area contributed by atoms with Gasteiger partial charge in [0, 0.05) is 12.6 Å². The third kappa shape index (κ3) is 5.42. The second kappa shape index (κ2) is 10.5. The molecule has 1 aliphatic rings. The van der Waals surface area contributed by atoms with E-state index in [4.69, 9.17) is 4.74 Å². The normalized spacial score (nSPS) is 13.4. The zero-order valence-corrected chi connectivity index (χ0v) is 19.1. The molecular formula is C27H27FN2O4. The van der Waals surface area contributed by atoms with E-state index in [0.717, 1.165) is 55.3 Å². The molecule has 0 unspecified atom stereocenters. The molecule has 0 saturated heterocycles. The van der Waals surface area contributed by atoms with Crippen LogP contribution in [0.3, 0.4) is 0 Å². The van der Waals surface area contributed by atoms with Gasteiger partial charge in [-0.05, 0) is 67.1 Å². The molecule has 7 heteroatoms. The summed E-state index contributed by atoms with van der Waals surface area (Å²) in [4.78, 5) is 38.2. The molecule has 0 atom stereocenters. The Bertz CT molecular complexity index is 1260. The minimum atomic E-state index is -0.567. The van der Waals surface area contributed by atoms with E-state index < -0.39 is 17.4 Å². The van der Waals surface area contributed by atoms with Crippen LogP contribution in [0.2, 0.25) is 0 Å². The zero-order valence-electron chi connectivity index (χ0n) is 19.1. The van der Waals surface area contributed by atoms with E-state index in [1.807, 2.05) is 0 Å². The molecule has 34 heavy (non-hydrogen) atoms. The quantitative estimate of drug-likeness (QED) is 0.433. The number of ether oxygens (including phenoxy) is 1. The Morgan fingerprint density at radius 1 is 1.00 bits per heavy atom. The van der Waals surface area contributed by atoms with Crippen LogP contribution in [0.4, 0.5) is 10.1 Å². The number of nitrogens with one attached hydrogen (secondary N) is 1. The Labute approximate surface area is 197 Å². The van der Waals surface area contributed by atoms with Crippen molar-refractivity contribution >= 4 is 17.6 Å². The topological polar surface area (TPSA) is 77.4 Å². The van der Waals surface area contributed by atoms with Crippen LogP contribution < -0.4 is 15.6 Å². The van der Waals surface area contributed by atoms with Crippen molar-refractivity contribution in [2.45, 2.75) is 52.0 Å². The summed E-state index contributed by atoms with van der Waals surface area (Å²) in [5, 5.41) is 2.73. The number of hydrogen-bond donors (Lipinski definition) is 1.